The van der Waals surface area contributed by atoms with Crippen molar-refractivity contribution in [2.45, 2.75) is 38.1 Å². The van der Waals surface area contributed by atoms with Crippen molar-refractivity contribution >= 4 is 27.5 Å². The molecule has 21 heavy (non-hydrogen) atoms. The summed E-state index contributed by atoms with van der Waals surface area (Å²) in [6, 6.07) is 6.34. The van der Waals surface area contributed by atoms with Gasteiger partial charge in [0, 0.05) is 28.6 Å². The zero-order valence-electron chi connectivity index (χ0n) is 12.4. The lowest BCUT2D eigenvalue weighted by atomic mass is 9.74. The van der Waals surface area contributed by atoms with E-state index in [9.17, 15) is 0 Å². The zero-order chi connectivity index (χ0) is 14.8. The van der Waals surface area contributed by atoms with Crippen LogP contribution in [0.25, 0.3) is 0 Å². The first-order chi connectivity index (χ1) is 10.2. The molecule has 0 radical (unpaired) electrons. The Kier molecular flexibility index (Phi) is 5.26. The summed E-state index contributed by atoms with van der Waals surface area (Å²) in [5, 5.41) is 0.833. The first kappa shape index (κ1) is 15.8. The second-order valence-electron chi connectivity index (χ2n) is 6.51. The molecule has 3 rings (SSSR count). The molecule has 4 heteroatoms. The van der Waals surface area contributed by atoms with Crippen molar-refractivity contribution in [3.8, 4) is 0 Å². The number of nitrogens with zero attached hydrogens (tertiary/aromatic N) is 1. The molecular weight excluding hydrogens is 348 g/mol. The molecule has 1 aliphatic heterocycles. The molecule has 116 valence electrons. The van der Waals surface area contributed by atoms with Crippen molar-refractivity contribution < 1.29 is 0 Å². The van der Waals surface area contributed by atoms with Gasteiger partial charge >= 0.3 is 0 Å². The average molecular weight is 372 g/mol. The van der Waals surface area contributed by atoms with Crippen LogP contribution in [0, 0.1) is 11.8 Å². The highest BCUT2D eigenvalue weighted by Gasteiger charge is 2.34. The number of halogens is 2. The predicted molar refractivity (Wildman–Crippen MR) is 92.6 cm³/mol. The largest absolute Gasteiger partial charge is 0.329 e. The highest BCUT2D eigenvalue weighted by Crippen LogP contribution is 2.39. The van der Waals surface area contributed by atoms with E-state index in [1.165, 1.54) is 44.2 Å². The van der Waals surface area contributed by atoms with Crippen LogP contribution in [0.5, 0.6) is 0 Å². The van der Waals surface area contributed by atoms with Crippen molar-refractivity contribution in [2.24, 2.45) is 17.6 Å². The van der Waals surface area contributed by atoms with E-state index in [4.69, 9.17) is 17.3 Å². The van der Waals surface area contributed by atoms with Crippen molar-refractivity contribution in [2.75, 3.05) is 19.6 Å². The quantitative estimate of drug-likeness (QED) is 0.840. The van der Waals surface area contributed by atoms with E-state index in [-0.39, 0.29) is 6.04 Å². The van der Waals surface area contributed by atoms with Gasteiger partial charge in [-0.1, -0.05) is 46.8 Å². The Hall–Kier alpha value is -0.0900. The molecule has 0 aromatic heterocycles. The van der Waals surface area contributed by atoms with E-state index in [0.717, 1.165) is 27.9 Å². The second-order valence-corrected chi connectivity index (χ2v) is 7.83. The first-order valence-electron chi connectivity index (χ1n) is 8.08. The molecule has 1 saturated heterocycles. The molecule has 1 aromatic carbocycles. The first-order valence-corrected chi connectivity index (χ1v) is 9.25. The van der Waals surface area contributed by atoms with Gasteiger partial charge in [0.2, 0.25) is 0 Å². The Bertz CT molecular complexity index is 494. The van der Waals surface area contributed by atoms with Crippen LogP contribution in [0.4, 0.5) is 0 Å². The number of rotatable bonds is 3. The summed E-state index contributed by atoms with van der Waals surface area (Å²) in [6.07, 6.45) is 6.99. The third kappa shape index (κ3) is 3.47. The number of fused-ring (bicyclic) bond motifs is 1. The van der Waals surface area contributed by atoms with E-state index in [0.29, 0.717) is 6.54 Å². The molecule has 3 unspecified atom stereocenters. The van der Waals surface area contributed by atoms with Crippen LogP contribution >= 0.6 is 27.5 Å². The molecular formula is C17H24BrClN2. The molecule has 2 nitrogen and oxygen atoms in total. The summed E-state index contributed by atoms with van der Waals surface area (Å²) in [5.41, 5.74) is 7.28. The second kappa shape index (κ2) is 6.99. The number of piperidine rings is 1. The van der Waals surface area contributed by atoms with Gasteiger partial charge in [-0.25, -0.2) is 0 Å². The molecule has 2 fully saturated rings. The fraction of sp³-hybridized carbons (Fsp3) is 0.647. The highest BCUT2D eigenvalue weighted by molar-refractivity contribution is 9.10. The molecule has 1 saturated carbocycles. The summed E-state index contributed by atoms with van der Waals surface area (Å²) in [7, 11) is 0. The van der Waals surface area contributed by atoms with Crippen molar-refractivity contribution in [3.63, 3.8) is 0 Å². The van der Waals surface area contributed by atoms with E-state index >= 15 is 0 Å². The van der Waals surface area contributed by atoms with Crippen LogP contribution in [0.1, 0.15) is 43.7 Å². The lowest BCUT2D eigenvalue weighted by Crippen LogP contribution is -2.45. The smallest absolute Gasteiger partial charge is 0.0485 e. The fourth-order valence-electron chi connectivity index (χ4n) is 4.15. The van der Waals surface area contributed by atoms with Crippen LogP contribution in [0.2, 0.25) is 5.02 Å². The van der Waals surface area contributed by atoms with Crippen LogP contribution < -0.4 is 5.73 Å². The molecule has 1 aromatic rings. The summed E-state index contributed by atoms with van der Waals surface area (Å²) >= 11 is 9.98. The molecule has 0 bridgehead atoms. The average Bonchev–Trinajstić information content (AvgIpc) is 2.51. The Morgan fingerprint density at radius 1 is 1.24 bits per heavy atom. The number of benzene rings is 1. The van der Waals surface area contributed by atoms with Crippen LogP contribution in [-0.4, -0.2) is 24.5 Å². The predicted octanol–water partition coefficient (Wildman–Crippen LogP) is 4.61. The molecule has 2 N–H and O–H groups in total. The summed E-state index contributed by atoms with van der Waals surface area (Å²) in [5.74, 6) is 1.82. The lowest BCUT2D eigenvalue weighted by molar-refractivity contribution is 0.0586. The summed E-state index contributed by atoms with van der Waals surface area (Å²) < 4.78 is 1.08. The summed E-state index contributed by atoms with van der Waals surface area (Å²) in [4.78, 5) is 2.57. The van der Waals surface area contributed by atoms with E-state index in [1.807, 2.05) is 12.1 Å². The maximum absolute atomic E-state index is 6.42. The van der Waals surface area contributed by atoms with Gasteiger partial charge in [0.15, 0.2) is 0 Å². The Morgan fingerprint density at radius 3 is 2.76 bits per heavy atom. The fourth-order valence-corrected chi connectivity index (χ4v) is 4.78. The molecule has 1 aliphatic carbocycles. The minimum absolute atomic E-state index is 0.248. The number of hydrogen-bond donors (Lipinski definition) is 1. The highest BCUT2D eigenvalue weighted by atomic mass is 79.9. The van der Waals surface area contributed by atoms with Gasteiger partial charge in [0.25, 0.3) is 0 Å². The maximum atomic E-state index is 6.42. The number of likely N-dealkylation sites (tertiary alicyclic amines) is 1. The normalized spacial score (nSPS) is 28.1. The third-order valence-electron chi connectivity index (χ3n) is 5.30. The van der Waals surface area contributed by atoms with Gasteiger partial charge in [-0.05, 0) is 55.0 Å². The SMILES string of the molecule is NCC(c1cc(Br)ccc1Cl)N1CCC2CCCCC2C1. The number of nitrogens with two attached hydrogens (primary N) is 1. The zero-order valence-corrected chi connectivity index (χ0v) is 14.7. The van der Waals surface area contributed by atoms with Crippen LogP contribution in [-0.2, 0) is 0 Å². The van der Waals surface area contributed by atoms with Crippen molar-refractivity contribution in [1.82, 2.24) is 4.90 Å². The summed E-state index contributed by atoms with van der Waals surface area (Å²) in [6.45, 7) is 2.98. The topological polar surface area (TPSA) is 29.3 Å². The minimum Gasteiger partial charge on any atom is -0.329 e. The maximum Gasteiger partial charge on any atom is 0.0485 e. The Labute approximate surface area is 141 Å². The van der Waals surface area contributed by atoms with Crippen LogP contribution in [0.15, 0.2) is 22.7 Å². The van der Waals surface area contributed by atoms with E-state index < -0.39 is 0 Å². The van der Waals surface area contributed by atoms with E-state index in [1.54, 1.807) is 0 Å². The van der Waals surface area contributed by atoms with Gasteiger partial charge in [0.1, 0.15) is 0 Å². The van der Waals surface area contributed by atoms with Gasteiger partial charge < -0.3 is 5.73 Å². The van der Waals surface area contributed by atoms with Crippen molar-refractivity contribution in [3.05, 3.63) is 33.3 Å². The molecule has 3 atom stereocenters. The lowest BCUT2D eigenvalue weighted by Gasteiger charge is -2.44. The Balaban J connectivity index is 1.78. The minimum atomic E-state index is 0.248. The molecule has 0 amide bonds. The van der Waals surface area contributed by atoms with E-state index in [2.05, 4.69) is 26.9 Å². The molecule has 0 spiro atoms. The monoisotopic (exact) mass is 370 g/mol. The van der Waals surface area contributed by atoms with Gasteiger partial charge in [-0.15, -0.1) is 0 Å². The third-order valence-corrected chi connectivity index (χ3v) is 6.14. The molecule has 1 heterocycles. The van der Waals surface area contributed by atoms with Gasteiger partial charge in [-0.2, -0.15) is 0 Å². The van der Waals surface area contributed by atoms with Crippen molar-refractivity contribution in [1.29, 1.82) is 0 Å². The van der Waals surface area contributed by atoms with Gasteiger partial charge in [-0.3, -0.25) is 4.90 Å². The van der Waals surface area contributed by atoms with Gasteiger partial charge in [0.05, 0.1) is 0 Å². The standard InChI is InChI=1S/C17H24BrClN2/c18-14-5-6-16(19)15(9-14)17(10-20)21-8-7-12-3-1-2-4-13(12)11-21/h5-6,9,12-13,17H,1-4,7-8,10-11,20H2. The van der Waals surface area contributed by atoms with Crippen LogP contribution in [0.3, 0.4) is 0 Å². The Morgan fingerprint density at radius 2 is 2.00 bits per heavy atom. The molecule has 2 aliphatic rings. The number of hydrogen-bond acceptors (Lipinski definition) is 2.